The molecule has 1 heterocycles. The van der Waals surface area contributed by atoms with Crippen LogP contribution in [0.5, 0.6) is 5.75 Å². The molecule has 1 aliphatic carbocycles. The first kappa shape index (κ1) is 11.3. The van der Waals surface area contributed by atoms with Crippen molar-refractivity contribution in [1.29, 1.82) is 0 Å². The third kappa shape index (κ3) is 2.24. The van der Waals surface area contributed by atoms with E-state index in [0.29, 0.717) is 5.75 Å². The third-order valence-corrected chi connectivity index (χ3v) is 4.22. The lowest BCUT2D eigenvalue weighted by atomic mass is 10.1. The molecule has 1 N–H and O–H groups in total. The smallest absolute Gasteiger partial charge is 0.115 e. The summed E-state index contributed by atoms with van der Waals surface area (Å²) in [7, 11) is 0. The fourth-order valence-electron chi connectivity index (χ4n) is 2.07. The summed E-state index contributed by atoms with van der Waals surface area (Å²) in [6.07, 6.45) is 9.02. The van der Waals surface area contributed by atoms with Gasteiger partial charge in [0.1, 0.15) is 5.75 Å². The number of rotatable bonds is 2. The van der Waals surface area contributed by atoms with E-state index in [9.17, 15) is 5.11 Å². The summed E-state index contributed by atoms with van der Waals surface area (Å²) >= 11 is 1.80. The van der Waals surface area contributed by atoms with Gasteiger partial charge in [0.15, 0.2) is 0 Å². The van der Waals surface area contributed by atoms with Crippen LogP contribution in [0.15, 0.2) is 54.6 Å². The first-order valence-electron chi connectivity index (χ1n) is 6.09. The molecule has 0 fully saturated rings. The Hall–Kier alpha value is -1.80. The molecule has 0 radical (unpaired) electrons. The van der Waals surface area contributed by atoms with Crippen molar-refractivity contribution in [2.75, 3.05) is 0 Å². The molecule has 1 aliphatic rings. The molecule has 18 heavy (non-hydrogen) atoms. The molecule has 0 spiro atoms. The van der Waals surface area contributed by atoms with E-state index < -0.39 is 0 Å². The lowest BCUT2D eigenvalue weighted by Gasteiger charge is -2.03. The second kappa shape index (κ2) is 4.83. The summed E-state index contributed by atoms with van der Waals surface area (Å²) in [5.41, 5.74) is 2.49. The van der Waals surface area contributed by atoms with Gasteiger partial charge in [-0.15, -0.1) is 11.3 Å². The van der Waals surface area contributed by atoms with Crippen LogP contribution in [0.3, 0.4) is 0 Å². The van der Waals surface area contributed by atoms with Crippen molar-refractivity contribution in [3.05, 3.63) is 59.5 Å². The minimum Gasteiger partial charge on any atom is -0.508 e. The van der Waals surface area contributed by atoms with Gasteiger partial charge in [0.05, 0.1) is 0 Å². The maximum Gasteiger partial charge on any atom is 0.115 e. The number of aromatic hydroxyl groups is 1. The number of phenolic OH excluding ortho intramolecular Hbond substituents is 1. The van der Waals surface area contributed by atoms with Crippen molar-refractivity contribution >= 4 is 16.9 Å². The summed E-state index contributed by atoms with van der Waals surface area (Å²) in [6.45, 7) is 0. The van der Waals surface area contributed by atoms with Gasteiger partial charge in [-0.3, -0.25) is 0 Å². The molecule has 0 saturated carbocycles. The van der Waals surface area contributed by atoms with Crippen LogP contribution in [0.1, 0.15) is 17.7 Å². The van der Waals surface area contributed by atoms with Gasteiger partial charge in [-0.05, 0) is 60.4 Å². The number of hydrogen-bond donors (Lipinski definition) is 1. The Labute approximate surface area is 111 Å². The van der Waals surface area contributed by atoms with E-state index in [1.54, 1.807) is 23.5 Å². The normalized spacial score (nSPS) is 14.6. The highest BCUT2D eigenvalue weighted by atomic mass is 32.1. The predicted molar refractivity (Wildman–Crippen MR) is 77.8 cm³/mol. The maximum absolute atomic E-state index is 9.30. The number of thiophene rings is 1. The maximum atomic E-state index is 9.30. The van der Waals surface area contributed by atoms with E-state index in [1.165, 1.54) is 15.3 Å². The summed E-state index contributed by atoms with van der Waals surface area (Å²) in [4.78, 5) is 2.55. The van der Waals surface area contributed by atoms with E-state index >= 15 is 0 Å². The summed E-state index contributed by atoms with van der Waals surface area (Å²) in [5.74, 6) is 0.313. The number of benzene rings is 1. The Kier molecular flexibility index (Phi) is 3.03. The van der Waals surface area contributed by atoms with Gasteiger partial charge in [-0.2, -0.15) is 0 Å². The number of phenols is 1. The quantitative estimate of drug-likeness (QED) is 0.812. The van der Waals surface area contributed by atoms with Crippen LogP contribution in [0.4, 0.5) is 0 Å². The van der Waals surface area contributed by atoms with Crippen LogP contribution >= 0.6 is 11.3 Å². The Morgan fingerprint density at radius 3 is 2.39 bits per heavy atom. The standard InChI is InChI=1S/C16H14OS/c17-14-8-6-13(7-9-14)16-11-10-15(18-16)12-4-2-1-3-5-12/h2,4-11,17H,1,3H2. The molecule has 0 unspecified atom stereocenters. The van der Waals surface area contributed by atoms with E-state index in [4.69, 9.17) is 0 Å². The van der Waals surface area contributed by atoms with Crippen LogP contribution in [0.25, 0.3) is 16.0 Å². The molecule has 3 rings (SSSR count). The van der Waals surface area contributed by atoms with Gasteiger partial charge in [-0.1, -0.05) is 18.2 Å². The lowest BCUT2D eigenvalue weighted by Crippen LogP contribution is -1.80. The van der Waals surface area contributed by atoms with Crippen LogP contribution in [-0.4, -0.2) is 5.11 Å². The summed E-state index contributed by atoms with van der Waals surface area (Å²) in [6, 6.07) is 11.7. The van der Waals surface area contributed by atoms with Crippen LogP contribution < -0.4 is 0 Å². The second-order valence-corrected chi connectivity index (χ2v) is 5.43. The highest BCUT2D eigenvalue weighted by Gasteiger charge is 2.06. The molecule has 2 heteroatoms. The van der Waals surface area contributed by atoms with Crippen molar-refractivity contribution in [1.82, 2.24) is 0 Å². The van der Waals surface area contributed by atoms with E-state index in [-0.39, 0.29) is 0 Å². The van der Waals surface area contributed by atoms with Crippen LogP contribution in [0, 0.1) is 0 Å². The molecular weight excluding hydrogens is 240 g/mol. The first-order valence-corrected chi connectivity index (χ1v) is 6.91. The fourth-order valence-corrected chi connectivity index (χ4v) is 3.10. The minimum absolute atomic E-state index is 0.313. The van der Waals surface area contributed by atoms with Gasteiger partial charge in [-0.25, -0.2) is 0 Å². The van der Waals surface area contributed by atoms with Crippen molar-refractivity contribution < 1.29 is 5.11 Å². The molecule has 0 saturated heterocycles. The molecule has 1 nitrogen and oxygen atoms in total. The Morgan fingerprint density at radius 1 is 0.889 bits per heavy atom. The molecular formula is C16H14OS. The lowest BCUT2D eigenvalue weighted by molar-refractivity contribution is 0.475. The SMILES string of the molecule is Oc1ccc(-c2ccc(C3=CCCC=C3)s2)cc1. The topological polar surface area (TPSA) is 20.2 Å². The minimum atomic E-state index is 0.313. The Bertz CT molecular complexity index is 602. The molecule has 0 amide bonds. The number of hydrogen-bond acceptors (Lipinski definition) is 2. The van der Waals surface area contributed by atoms with Crippen molar-refractivity contribution in [2.24, 2.45) is 0 Å². The molecule has 2 aromatic rings. The van der Waals surface area contributed by atoms with E-state index in [2.05, 4.69) is 30.4 Å². The zero-order valence-corrected chi connectivity index (χ0v) is 10.8. The first-order chi connectivity index (χ1) is 8.83. The van der Waals surface area contributed by atoms with Gasteiger partial charge >= 0.3 is 0 Å². The second-order valence-electron chi connectivity index (χ2n) is 4.35. The van der Waals surface area contributed by atoms with E-state index in [1.807, 2.05) is 12.1 Å². The van der Waals surface area contributed by atoms with Crippen LogP contribution in [0.2, 0.25) is 0 Å². The van der Waals surface area contributed by atoms with E-state index in [0.717, 1.165) is 18.4 Å². The molecule has 0 bridgehead atoms. The molecule has 0 atom stereocenters. The average molecular weight is 254 g/mol. The van der Waals surface area contributed by atoms with Gasteiger partial charge < -0.3 is 5.11 Å². The largest absolute Gasteiger partial charge is 0.508 e. The summed E-state index contributed by atoms with van der Waals surface area (Å²) < 4.78 is 0. The van der Waals surface area contributed by atoms with Crippen LogP contribution in [-0.2, 0) is 0 Å². The van der Waals surface area contributed by atoms with Gasteiger partial charge in [0.25, 0.3) is 0 Å². The molecule has 1 aromatic heterocycles. The van der Waals surface area contributed by atoms with Crippen molar-refractivity contribution in [3.63, 3.8) is 0 Å². The fraction of sp³-hybridized carbons (Fsp3) is 0.125. The predicted octanol–water partition coefficient (Wildman–Crippen LogP) is 4.85. The monoisotopic (exact) mass is 254 g/mol. The number of allylic oxidation sites excluding steroid dienone is 4. The zero-order valence-electron chi connectivity index (χ0n) is 9.97. The Balaban J connectivity index is 1.91. The van der Waals surface area contributed by atoms with Crippen molar-refractivity contribution in [2.45, 2.75) is 12.8 Å². The third-order valence-electron chi connectivity index (χ3n) is 3.04. The molecule has 1 aromatic carbocycles. The highest BCUT2D eigenvalue weighted by molar-refractivity contribution is 7.16. The molecule has 90 valence electrons. The highest BCUT2D eigenvalue weighted by Crippen LogP contribution is 2.34. The van der Waals surface area contributed by atoms with Crippen molar-refractivity contribution in [3.8, 4) is 16.2 Å². The Morgan fingerprint density at radius 2 is 1.67 bits per heavy atom. The van der Waals surface area contributed by atoms with Gasteiger partial charge in [0, 0.05) is 9.75 Å². The average Bonchev–Trinajstić information content (AvgIpc) is 2.90. The zero-order chi connectivity index (χ0) is 12.4. The molecule has 0 aliphatic heterocycles. The summed E-state index contributed by atoms with van der Waals surface area (Å²) in [5, 5.41) is 9.30. The van der Waals surface area contributed by atoms with Gasteiger partial charge in [0.2, 0.25) is 0 Å².